The van der Waals surface area contributed by atoms with Crippen molar-refractivity contribution in [2.75, 3.05) is 18.0 Å². The quantitative estimate of drug-likeness (QED) is 0.873. The third-order valence-corrected chi connectivity index (χ3v) is 3.24. The van der Waals surface area contributed by atoms with Gasteiger partial charge in [0.1, 0.15) is 0 Å². The van der Waals surface area contributed by atoms with E-state index in [1.807, 2.05) is 6.07 Å². The highest BCUT2D eigenvalue weighted by Crippen LogP contribution is 2.22. The van der Waals surface area contributed by atoms with Gasteiger partial charge in [-0.25, -0.2) is 4.79 Å². The van der Waals surface area contributed by atoms with Crippen LogP contribution in [-0.4, -0.2) is 34.1 Å². The molecule has 3 heterocycles. The van der Waals surface area contributed by atoms with Crippen LogP contribution in [0.4, 0.5) is 5.69 Å². The van der Waals surface area contributed by atoms with Crippen LogP contribution < -0.4 is 4.90 Å². The van der Waals surface area contributed by atoms with Gasteiger partial charge in [0, 0.05) is 19.3 Å². The highest BCUT2D eigenvalue weighted by atomic mass is 16.4. The number of rotatable bonds is 2. The summed E-state index contributed by atoms with van der Waals surface area (Å²) < 4.78 is 0. The Hall–Kier alpha value is -2.17. The van der Waals surface area contributed by atoms with Crippen LogP contribution in [-0.2, 0) is 0 Å². The summed E-state index contributed by atoms with van der Waals surface area (Å²) in [5, 5.41) is 8.90. The fraction of sp³-hybridized carbons (Fsp3) is 0.308. The maximum absolute atomic E-state index is 10.8. The van der Waals surface area contributed by atoms with E-state index in [1.165, 1.54) is 19.0 Å². The van der Waals surface area contributed by atoms with Crippen molar-refractivity contribution in [3.05, 3.63) is 30.1 Å². The minimum atomic E-state index is -0.977. The van der Waals surface area contributed by atoms with Crippen LogP contribution in [0.1, 0.15) is 23.2 Å². The molecular weight excluding hydrogens is 230 g/mol. The molecule has 5 heteroatoms. The molecular formula is C13H13N3O2. The first-order chi connectivity index (χ1) is 8.74. The third kappa shape index (κ3) is 1.88. The molecule has 0 unspecified atom stereocenters. The summed E-state index contributed by atoms with van der Waals surface area (Å²) in [6.07, 6.45) is 5.59. The van der Waals surface area contributed by atoms with Crippen molar-refractivity contribution in [2.45, 2.75) is 12.8 Å². The molecule has 0 atom stereocenters. The summed E-state index contributed by atoms with van der Waals surface area (Å²) in [5.74, 6) is -0.977. The van der Waals surface area contributed by atoms with E-state index in [0.717, 1.165) is 24.3 Å². The Kier molecular flexibility index (Phi) is 2.59. The Morgan fingerprint density at radius 3 is 2.50 bits per heavy atom. The van der Waals surface area contributed by atoms with Crippen LogP contribution in [0.3, 0.4) is 0 Å². The van der Waals surface area contributed by atoms with Crippen molar-refractivity contribution < 1.29 is 9.90 Å². The zero-order chi connectivity index (χ0) is 12.5. The van der Waals surface area contributed by atoms with Crippen LogP contribution in [0.15, 0.2) is 24.5 Å². The SMILES string of the molecule is O=C(O)c1cnc2cc(N3CCCC3)cnc2c1. The standard InChI is InChI=1S/C13H13N3O2/c17-13(18)9-5-11-12(14-7-9)6-10(8-15-11)16-3-1-2-4-16/h5-8H,1-4H2,(H,17,18). The molecule has 0 aromatic carbocycles. The maximum Gasteiger partial charge on any atom is 0.337 e. The maximum atomic E-state index is 10.8. The minimum Gasteiger partial charge on any atom is -0.478 e. The van der Waals surface area contributed by atoms with Crippen molar-refractivity contribution in [1.82, 2.24) is 9.97 Å². The van der Waals surface area contributed by atoms with Crippen LogP contribution in [0.2, 0.25) is 0 Å². The zero-order valence-corrected chi connectivity index (χ0v) is 9.83. The third-order valence-electron chi connectivity index (χ3n) is 3.24. The van der Waals surface area contributed by atoms with Gasteiger partial charge in [-0.1, -0.05) is 0 Å². The first kappa shape index (κ1) is 11.0. The molecule has 1 saturated heterocycles. The average molecular weight is 243 g/mol. The van der Waals surface area contributed by atoms with Crippen molar-refractivity contribution in [3.63, 3.8) is 0 Å². The number of pyridine rings is 2. The average Bonchev–Trinajstić information content (AvgIpc) is 2.91. The lowest BCUT2D eigenvalue weighted by molar-refractivity contribution is 0.0696. The van der Waals surface area contributed by atoms with Gasteiger partial charge in [0.2, 0.25) is 0 Å². The van der Waals surface area contributed by atoms with E-state index in [0.29, 0.717) is 5.52 Å². The molecule has 3 rings (SSSR count). The molecule has 2 aromatic heterocycles. The molecule has 1 aliphatic rings. The summed E-state index contributed by atoms with van der Waals surface area (Å²) in [7, 11) is 0. The van der Waals surface area contributed by atoms with Crippen LogP contribution in [0.25, 0.3) is 11.0 Å². The number of anilines is 1. The number of aromatic nitrogens is 2. The summed E-state index contributed by atoms with van der Waals surface area (Å²) >= 11 is 0. The van der Waals surface area contributed by atoms with Crippen molar-refractivity contribution in [3.8, 4) is 0 Å². The lowest BCUT2D eigenvalue weighted by Crippen LogP contribution is -2.17. The second-order valence-corrected chi connectivity index (χ2v) is 4.46. The van der Waals surface area contributed by atoms with Gasteiger partial charge >= 0.3 is 5.97 Å². The fourth-order valence-electron chi connectivity index (χ4n) is 2.26. The van der Waals surface area contributed by atoms with Gasteiger partial charge in [-0.15, -0.1) is 0 Å². The normalized spacial score (nSPS) is 15.2. The van der Waals surface area contributed by atoms with Crippen molar-refractivity contribution in [1.29, 1.82) is 0 Å². The Labute approximate surface area is 104 Å². The van der Waals surface area contributed by atoms with Gasteiger partial charge in [-0.3, -0.25) is 9.97 Å². The van der Waals surface area contributed by atoms with Crippen LogP contribution in [0.5, 0.6) is 0 Å². The molecule has 5 nitrogen and oxygen atoms in total. The molecule has 0 spiro atoms. The molecule has 0 saturated carbocycles. The van der Waals surface area contributed by atoms with Crippen molar-refractivity contribution >= 4 is 22.7 Å². The van der Waals surface area contributed by atoms with E-state index in [9.17, 15) is 4.79 Å². The molecule has 1 fully saturated rings. The van der Waals surface area contributed by atoms with E-state index in [1.54, 1.807) is 12.3 Å². The molecule has 0 amide bonds. The van der Waals surface area contributed by atoms with Crippen LogP contribution in [0, 0.1) is 0 Å². The van der Waals surface area contributed by atoms with Gasteiger partial charge in [0.15, 0.2) is 0 Å². The predicted octanol–water partition coefficient (Wildman–Crippen LogP) is 1.93. The van der Waals surface area contributed by atoms with Crippen molar-refractivity contribution in [2.24, 2.45) is 0 Å². The Morgan fingerprint density at radius 1 is 1.11 bits per heavy atom. The second-order valence-electron chi connectivity index (χ2n) is 4.46. The summed E-state index contributed by atoms with van der Waals surface area (Å²) in [4.78, 5) is 21.6. The summed E-state index contributed by atoms with van der Waals surface area (Å²) in [6, 6.07) is 3.53. The zero-order valence-electron chi connectivity index (χ0n) is 9.83. The van der Waals surface area contributed by atoms with Crippen LogP contribution >= 0.6 is 0 Å². The number of carboxylic acid groups (broad SMARTS) is 1. The lowest BCUT2D eigenvalue weighted by atomic mass is 10.2. The predicted molar refractivity (Wildman–Crippen MR) is 67.9 cm³/mol. The fourth-order valence-corrected chi connectivity index (χ4v) is 2.26. The van der Waals surface area contributed by atoms with E-state index in [-0.39, 0.29) is 5.56 Å². The lowest BCUT2D eigenvalue weighted by Gasteiger charge is -2.17. The Morgan fingerprint density at radius 2 is 1.78 bits per heavy atom. The number of hydrogen-bond acceptors (Lipinski definition) is 4. The summed E-state index contributed by atoms with van der Waals surface area (Å²) in [5.41, 5.74) is 2.60. The number of nitrogens with zero attached hydrogens (tertiary/aromatic N) is 3. The topological polar surface area (TPSA) is 66.3 Å². The number of hydrogen-bond donors (Lipinski definition) is 1. The van der Waals surface area contributed by atoms with E-state index in [2.05, 4.69) is 14.9 Å². The van der Waals surface area contributed by atoms with Gasteiger partial charge < -0.3 is 10.0 Å². The number of carbonyl (C=O) groups is 1. The Bertz CT molecular complexity index is 606. The number of carboxylic acids is 1. The van der Waals surface area contributed by atoms with Gasteiger partial charge in [0.05, 0.1) is 28.5 Å². The smallest absolute Gasteiger partial charge is 0.337 e. The highest BCUT2D eigenvalue weighted by Gasteiger charge is 2.13. The molecule has 0 radical (unpaired) electrons. The van der Waals surface area contributed by atoms with E-state index >= 15 is 0 Å². The van der Waals surface area contributed by atoms with Gasteiger partial charge in [-0.2, -0.15) is 0 Å². The number of aromatic carboxylic acids is 1. The van der Waals surface area contributed by atoms with E-state index in [4.69, 9.17) is 5.11 Å². The Balaban J connectivity index is 2.02. The largest absolute Gasteiger partial charge is 0.478 e. The molecule has 1 N–H and O–H groups in total. The first-order valence-corrected chi connectivity index (χ1v) is 5.98. The number of fused-ring (bicyclic) bond motifs is 1. The molecule has 18 heavy (non-hydrogen) atoms. The van der Waals surface area contributed by atoms with Gasteiger partial charge in [-0.05, 0) is 25.0 Å². The highest BCUT2D eigenvalue weighted by molar-refractivity contribution is 5.91. The summed E-state index contributed by atoms with van der Waals surface area (Å²) in [6.45, 7) is 2.11. The van der Waals surface area contributed by atoms with E-state index < -0.39 is 5.97 Å². The molecule has 2 aromatic rings. The molecule has 92 valence electrons. The minimum absolute atomic E-state index is 0.170. The molecule has 1 aliphatic heterocycles. The van der Waals surface area contributed by atoms with Gasteiger partial charge in [0.25, 0.3) is 0 Å². The molecule has 0 aliphatic carbocycles. The first-order valence-electron chi connectivity index (χ1n) is 5.98. The second kappa shape index (κ2) is 4.25. The molecule has 0 bridgehead atoms. The monoisotopic (exact) mass is 243 g/mol.